The molecule has 0 bridgehead atoms. The molecule has 1 amide bonds. The molecule has 3 aromatic heterocycles. The standard InChI is InChI=1S/C19H14F5N5O2/c20-18(21)31-16-8-11(2-5-26-16)17(30)27-12-3-6-29-14(12)9-13(28-29)10-1-4-25-15(7-10)19(22,23)24/h1-2,4-5,7-9,12,18H,3,6H2,(H,27,30). The van der Waals surface area contributed by atoms with Crippen LogP contribution in [0.1, 0.15) is 34.2 Å². The number of aryl methyl sites for hydroxylation is 1. The molecule has 0 radical (unpaired) electrons. The van der Waals surface area contributed by atoms with Gasteiger partial charge in [-0.15, -0.1) is 0 Å². The van der Waals surface area contributed by atoms with Gasteiger partial charge in [-0.3, -0.25) is 14.5 Å². The van der Waals surface area contributed by atoms with E-state index in [1.165, 1.54) is 18.3 Å². The van der Waals surface area contributed by atoms with E-state index in [0.717, 1.165) is 18.3 Å². The monoisotopic (exact) mass is 439 g/mol. The van der Waals surface area contributed by atoms with Crippen molar-refractivity contribution < 1.29 is 31.5 Å². The topological polar surface area (TPSA) is 81.9 Å². The van der Waals surface area contributed by atoms with Gasteiger partial charge < -0.3 is 10.1 Å². The largest absolute Gasteiger partial charge is 0.433 e. The van der Waals surface area contributed by atoms with E-state index in [2.05, 4.69) is 25.1 Å². The SMILES string of the molecule is O=C(NC1CCn2nc(-c3ccnc(C(F)(F)F)c3)cc21)c1ccnc(OC(F)F)c1. The van der Waals surface area contributed by atoms with E-state index >= 15 is 0 Å². The number of fused-ring (bicyclic) bond motifs is 1. The normalized spacial score (nSPS) is 15.7. The lowest BCUT2D eigenvalue weighted by Crippen LogP contribution is -2.27. The highest BCUT2D eigenvalue weighted by Crippen LogP contribution is 2.33. The summed E-state index contributed by atoms with van der Waals surface area (Å²) in [5.74, 6) is -0.925. The molecule has 3 aromatic rings. The molecule has 1 atom stereocenters. The smallest absolute Gasteiger partial charge is 0.417 e. The van der Waals surface area contributed by atoms with Gasteiger partial charge in [0.15, 0.2) is 0 Å². The van der Waals surface area contributed by atoms with Crippen LogP contribution in [0.2, 0.25) is 0 Å². The fourth-order valence-corrected chi connectivity index (χ4v) is 3.27. The maximum absolute atomic E-state index is 12.9. The molecule has 0 aromatic carbocycles. The van der Waals surface area contributed by atoms with Crippen LogP contribution < -0.4 is 10.1 Å². The van der Waals surface area contributed by atoms with E-state index in [-0.39, 0.29) is 17.0 Å². The molecule has 162 valence electrons. The van der Waals surface area contributed by atoms with Crippen LogP contribution in [0.25, 0.3) is 11.3 Å². The molecular weight excluding hydrogens is 425 g/mol. The lowest BCUT2D eigenvalue weighted by molar-refractivity contribution is -0.141. The molecular formula is C19H14F5N5O2. The summed E-state index contributed by atoms with van der Waals surface area (Å²) in [7, 11) is 0. The number of nitrogens with zero attached hydrogens (tertiary/aromatic N) is 4. The summed E-state index contributed by atoms with van der Waals surface area (Å²) in [6, 6.07) is 5.92. The Labute approximate surface area is 171 Å². The van der Waals surface area contributed by atoms with Crippen LogP contribution in [0.15, 0.2) is 42.7 Å². The van der Waals surface area contributed by atoms with Crippen molar-refractivity contribution in [2.45, 2.75) is 31.8 Å². The molecule has 0 saturated heterocycles. The molecule has 1 unspecified atom stereocenters. The summed E-state index contributed by atoms with van der Waals surface area (Å²) in [6.45, 7) is -2.62. The second kappa shape index (κ2) is 7.93. The van der Waals surface area contributed by atoms with E-state index in [4.69, 9.17) is 0 Å². The molecule has 1 N–H and O–H groups in total. The van der Waals surface area contributed by atoms with Crippen molar-refractivity contribution in [3.8, 4) is 17.1 Å². The molecule has 1 aliphatic rings. The quantitative estimate of drug-likeness (QED) is 0.611. The van der Waals surface area contributed by atoms with Crippen molar-refractivity contribution in [1.29, 1.82) is 0 Å². The van der Waals surface area contributed by atoms with Gasteiger partial charge in [-0.1, -0.05) is 0 Å². The fraction of sp³-hybridized carbons (Fsp3) is 0.263. The van der Waals surface area contributed by atoms with E-state index in [9.17, 15) is 26.7 Å². The van der Waals surface area contributed by atoms with Crippen molar-refractivity contribution in [2.75, 3.05) is 0 Å². The number of aromatic nitrogens is 4. The fourth-order valence-electron chi connectivity index (χ4n) is 3.27. The lowest BCUT2D eigenvalue weighted by atomic mass is 10.1. The first kappa shape index (κ1) is 20.7. The van der Waals surface area contributed by atoms with Crippen molar-refractivity contribution in [1.82, 2.24) is 25.1 Å². The first-order valence-corrected chi connectivity index (χ1v) is 9.04. The third kappa shape index (κ3) is 4.47. The number of carbonyl (C=O) groups is 1. The Balaban J connectivity index is 1.52. The molecule has 0 spiro atoms. The number of ether oxygens (including phenoxy) is 1. The van der Waals surface area contributed by atoms with Crippen LogP contribution in [0, 0.1) is 0 Å². The summed E-state index contributed by atoms with van der Waals surface area (Å²) < 4.78 is 69.2. The Kier molecular flexibility index (Phi) is 5.29. The summed E-state index contributed by atoms with van der Waals surface area (Å²) in [5, 5.41) is 7.09. The zero-order chi connectivity index (χ0) is 22.2. The van der Waals surface area contributed by atoms with Gasteiger partial charge in [0.2, 0.25) is 5.88 Å². The van der Waals surface area contributed by atoms with Crippen molar-refractivity contribution >= 4 is 5.91 Å². The Hall–Kier alpha value is -3.57. The minimum absolute atomic E-state index is 0.0767. The number of rotatable bonds is 5. The van der Waals surface area contributed by atoms with Gasteiger partial charge in [-0.25, -0.2) is 4.98 Å². The number of hydrogen-bond acceptors (Lipinski definition) is 5. The molecule has 0 aliphatic carbocycles. The zero-order valence-electron chi connectivity index (χ0n) is 15.6. The molecule has 12 heteroatoms. The van der Waals surface area contributed by atoms with Crippen LogP contribution in [-0.2, 0) is 12.7 Å². The maximum Gasteiger partial charge on any atom is 0.433 e. The van der Waals surface area contributed by atoms with E-state index in [0.29, 0.717) is 24.4 Å². The van der Waals surface area contributed by atoms with Gasteiger partial charge in [-0.2, -0.15) is 27.1 Å². The van der Waals surface area contributed by atoms with Gasteiger partial charge in [0.25, 0.3) is 5.91 Å². The van der Waals surface area contributed by atoms with E-state index in [1.54, 1.807) is 10.7 Å². The van der Waals surface area contributed by atoms with Crippen molar-refractivity contribution in [3.63, 3.8) is 0 Å². The summed E-state index contributed by atoms with van der Waals surface area (Å²) >= 11 is 0. The Bertz CT molecular complexity index is 1120. The predicted molar refractivity (Wildman–Crippen MR) is 96.2 cm³/mol. The molecule has 0 saturated carbocycles. The molecule has 0 fully saturated rings. The van der Waals surface area contributed by atoms with Gasteiger partial charge in [-0.05, 0) is 30.7 Å². The summed E-state index contributed by atoms with van der Waals surface area (Å²) in [6.07, 6.45) is -1.83. The molecule has 1 aliphatic heterocycles. The Morgan fingerprint density at radius 1 is 1.16 bits per heavy atom. The maximum atomic E-state index is 12.9. The number of halogens is 5. The minimum Gasteiger partial charge on any atom is -0.417 e. The Morgan fingerprint density at radius 2 is 1.94 bits per heavy atom. The molecule has 7 nitrogen and oxygen atoms in total. The third-order valence-corrected chi connectivity index (χ3v) is 4.66. The predicted octanol–water partition coefficient (Wildman–Crippen LogP) is 3.84. The van der Waals surface area contributed by atoms with Crippen LogP contribution in [0.4, 0.5) is 22.0 Å². The van der Waals surface area contributed by atoms with Crippen molar-refractivity contribution in [3.05, 3.63) is 59.7 Å². The second-order valence-electron chi connectivity index (χ2n) is 6.68. The van der Waals surface area contributed by atoms with Crippen molar-refractivity contribution in [2.24, 2.45) is 0 Å². The lowest BCUT2D eigenvalue weighted by Gasteiger charge is -2.12. The van der Waals surface area contributed by atoms with E-state index < -0.39 is 30.4 Å². The highest BCUT2D eigenvalue weighted by atomic mass is 19.4. The highest BCUT2D eigenvalue weighted by Gasteiger charge is 2.33. The zero-order valence-corrected chi connectivity index (χ0v) is 15.6. The first-order chi connectivity index (χ1) is 14.7. The van der Waals surface area contributed by atoms with E-state index in [1.807, 2.05) is 0 Å². The average molecular weight is 439 g/mol. The Morgan fingerprint density at radius 3 is 2.68 bits per heavy atom. The number of alkyl halides is 5. The van der Waals surface area contributed by atoms with Crippen LogP contribution in [0.3, 0.4) is 0 Å². The number of amides is 1. The number of hydrogen-bond donors (Lipinski definition) is 1. The highest BCUT2D eigenvalue weighted by molar-refractivity contribution is 5.94. The third-order valence-electron chi connectivity index (χ3n) is 4.66. The molecule has 4 rings (SSSR count). The molecule has 4 heterocycles. The second-order valence-corrected chi connectivity index (χ2v) is 6.68. The van der Waals surface area contributed by atoms with Gasteiger partial charge in [0, 0.05) is 36.1 Å². The summed E-state index contributed by atoms with van der Waals surface area (Å²) in [4.78, 5) is 19.5. The van der Waals surface area contributed by atoms with Crippen LogP contribution in [-0.4, -0.2) is 32.3 Å². The first-order valence-electron chi connectivity index (χ1n) is 9.04. The van der Waals surface area contributed by atoms with Crippen LogP contribution >= 0.6 is 0 Å². The average Bonchev–Trinajstić information content (AvgIpc) is 3.29. The minimum atomic E-state index is -4.58. The summed E-state index contributed by atoms with van der Waals surface area (Å²) in [5.41, 5.74) is 0.234. The number of carbonyl (C=O) groups excluding carboxylic acids is 1. The van der Waals surface area contributed by atoms with Gasteiger partial charge >= 0.3 is 12.8 Å². The van der Waals surface area contributed by atoms with Crippen LogP contribution in [0.5, 0.6) is 5.88 Å². The van der Waals surface area contributed by atoms with Gasteiger partial charge in [0.05, 0.1) is 17.4 Å². The van der Waals surface area contributed by atoms with Gasteiger partial charge in [0.1, 0.15) is 5.69 Å². The number of nitrogens with one attached hydrogen (secondary N) is 1. The molecule has 31 heavy (non-hydrogen) atoms. The number of pyridine rings is 2.